The van der Waals surface area contributed by atoms with Gasteiger partial charge in [0.2, 0.25) is 5.88 Å². The van der Waals surface area contributed by atoms with E-state index < -0.39 is 0 Å². The van der Waals surface area contributed by atoms with Gasteiger partial charge in [-0.15, -0.1) is 0 Å². The Morgan fingerprint density at radius 3 is 2.42 bits per heavy atom. The Bertz CT molecular complexity index is 1140. The van der Waals surface area contributed by atoms with Crippen molar-refractivity contribution in [1.82, 2.24) is 20.4 Å². The molecule has 11 nitrogen and oxygen atoms in total. The molecular formula is C22H25N5O6. The Hall–Kier alpha value is -3.83. The van der Waals surface area contributed by atoms with Gasteiger partial charge in [0.15, 0.2) is 11.5 Å². The van der Waals surface area contributed by atoms with Gasteiger partial charge in [-0.3, -0.25) is 5.43 Å². The topological polar surface area (TPSA) is 116 Å². The van der Waals surface area contributed by atoms with Gasteiger partial charge in [-0.1, -0.05) is 0 Å². The molecule has 33 heavy (non-hydrogen) atoms. The number of carbonyl (C=O) groups excluding carboxylic acids is 1. The zero-order valence-corrected chi connectivity index (χ0v) is 18.6. The molecule has 1 aromatic heterocycles. The molecule has 1 saturated heterocycles. The fourth-order valence-corrected chi connectivity index (χ4v) is 3.36. The molecule has 11 heteroatoms. The lowest BCUT2D eigenvalue weighted by atomic mass is 10.2. The molecule has 3 aromatic rings. The van der Waals surface area contributed by atoms with Crippen LogP contribution in [0.5, 0.6) is 28.9 Å². The maximum atomic E-state index is 12.4. The van der Waals surface area contributed by atoms with Crippen molar-refractivity contribution in [3.05, 3.63) is 36.7 Å². The second-order valence-electron chi connectivity index (χ2n) is 7.03. The molecule has 0 unspecified atom stereocenters. The van der Waals surface area contributed by atoms with Crippen LogP contribution in [0.3, 0.4) is 0 Å². The molecule has 1 fully saturated rings. The quantitative estimate of drug-likeness (QED) is 0.555. The van der Waals surface area contributed by atoms with Crippen molar-refractivity contribution in [2.24, 2.45) is 0 Å². The first-order chi connectivity index (χ1) is 16.1. The number of morpholine rings is 1. The van der Waals surface area contributed by atoms with Crippen LogP contribution in [0.1, 0.15) is 0 Å². The van der Waals surface area contributed by atoms with Gasteiger partial charge in [0, 0.05) is 25.2 Å². The molecule has 2 N–H and O–H groups in total. The molecule has 2 amide bonds. The zero-order chi connectivity index (χ0) is 23.2. The normalized spacial score (nSPS) is 13.9. The van der Waals surface area contributed by atoms with Crippen LogP contribution in [-0.4, -0.2) is 68.6 Å². The number of urea groups is 1. The van der Waals surface area contributed by atoms with Crippen LogP contribution in [0.2, 0.25) is 0 Å². The number of aromatic nitrogens is 2. The van der Waals surface area contributed by atoms with E-state index in [9.17, 15) is 4.79 Å². The number of fused-ring (bicyclic) bond motifs is 1. The highest BCUT2D eigenvalue weighted by atomic mass is 16.5. The monoisotopic (exact) mass is 455 g/mol. The molecule has 4 rings (SSSR count). The summed E-state index contributed by atoms with van der Waals surface area (Å²) in [5, 5.41) is 5.24. The highest BCUT2D eigenvalue weighted by Gasteiger charge is 2.16. The predicted octanol–water partition coefficient (Wildman–Crippen LogP) is 2.82. The number of carbonyl (C=O) groups is 1. The first-order valence-corrected chi connectivity index (χ1v) is 10.2. The van der Waals surface area contributed by atoms with Gasteiger partial charge >= 0.3 is 6.03 Å². The third-order valence-corrected chi connectivity index (χ3v) is 5.01. The number of nitrogens with one attached hydrogen (secondary N) is 2. The lowest BCUT2D eigenvalue weighted by Crippen LogP contribution is -2.49. The summed E-state index contributed by atoms with van der Waals surface area (Å²) >= 11 is 0. The van der Waals surface area contributed by atoms with Gasteiger partial charge in [-0.2, -0.15) is 0 Å². The van der Waals surface area contributed by atoms with Crippen molar-refractivity contribution in [1.29, 1.82) is 0 Å². The largest absolute Gasteiger partial charge is 0.494 e. The second kappa shape index (κ2) is 10.2. The molecule has 0 aliphatic carbocycles. The minimum absolute atomic E-state index is 0.341. The van der Waals surface area contributed by atoms with Gasteiger partial charge in [0.05, 0.1) is 51.1 Å². The molecule has 2 aromatic carbocycles. The molecule has 1 aliphatic heterocycles. The molecule has 0 atom stereocenters. The zero-order valence-electron chi connectivity index (χ0n) is 18.6. The SMILES string of the molecule is COc1cc(Oc2ncnc3cc(OC)c(OC)cc23)ccc1NC(=O)NN1CCOCC1. The predicted molar refractivity (Wildman–Crippen MR) is 120 cm³/mol. The van der Waals surface area contributed by atoms with Gasteiger partial charge in [0.1, 0.15) is 17.8 Å². The number of hydrazine groups is 1. The van der Waals surface area contributed by atoms with Crippen molar-refractivity contribution in [3.63, 3.8) is 0 Å². The van der Waals surface area contributed by atoms with E-state index >= 15 is 0 Å². The molecule has 2 heterocycles. The van der Waals surface area contributed by atoms with E-state index in [1.165, 1.54) is 13.4 Å². The van der Waals surface area contributed by atoms with E-state index in [0.717, 1.165) is 0 Å². The van der Waals surface area contributed by atoms with Gasteiger partial charge in [-0.25, -0.2) is 19.8 Å². The molecule has 0 radical (unpaired) electrons. The number of benzene rings is 2. The van der Waals surface area contributed by atoms with E-state index in [1.54, 1.807) is 49.6 Å². The van der Waals surface area contributed by atoms with Crippen LogP contribution >= 0.6 is 0 Å². The van der Waals surface area contributed by atoms with Gasteiger partial charge < -0.3 is 29.0 Å². The smallest absolute Gasteiger partial charge is 0.333 e. The minimum Gasteiger partial charge on any atom is -0.494 e. The van der Waals surface area contributed by atoms with Gasteiger partial charge in [0.25, 0.3) is 0 Å². The number of ether oxygens (including phenoxy) is 5. The highest BCUT2D eigenvalue weighted by molar-refractivity contribution is 5.91. The second-order valence-corrected chi connectivity index (χ2v) is 7.03. The van der Waals surface area contributed by atoms with Crippen LogP contribution in [0, 0.1) is 0 Å². The Labute approximate surface area is 190 Å². The first kappa shape index (κ1) is 22.4. The Balaban J connectivity index is 1.53. The van der Waals surface area contributed by atoms with Crippen molar-refractivity contribution in [2.75, 3.05) is 52.9 Å². The summed E-state index contributed by atoms with van der Waals surface area (Å²) in [6, 6.07) is 8.21. The third-order valence-electron chi connectivity index (χ3n) is 5.01. The fraction of sp³-hybridized carbons (Fsp3) is 0.318. The molecule has 0 saturated carbocycles. The maximum absolute atomic E-state index is 12.4. The molecule has 0 spiro atoms. The van der Waals surface area contributed by atoms with Crippen LogP contribution in [-0.2, 0) is 4.74 Å². The average molecular weight is 455 g/mol. The summed E-state index contributed by atoms with van der Waals surface area (Å²) in [4.78, 5) is 20.9. The summed E-state index contributed by atoms with van der Waals surface area (Å²) in [5.41, 5.74) is 3.93. The molecular weight excluding hydrogens is 430 g/mol. The van der Waals surface area contributed by atoms with Gasteiger partial charge in [-0.05, 0) is 18.2 Å². The summed E-state index contributed by atoms with van der Waals surface area (Å²) in [6.45, 7) is 2.40. The van der Waals surface area contributed by atoms with Crippen molar-refractivity contribution < 1.29 is 28.5 Å². The Kier molecular flexibility index (Phi) is 6.91. The fourth-order valence-electron chi connectivity index (χ4n) is 3.36. The maximum Gasteiger partial charge on any atom is 0.333 e. The number of rotatable bonds is 7. The van der Waals surface area contributed by atoms with E-state index in [0.29, 0.717) is 71.8 Å². The summed E-state index contributed by atoms with van der Waals surface area (Å²) < 4.78 is 27.4. The summed E-state index contributed by atoms with van der Waals surface area (Å²) in [5.74, 6) is 2.34. The van der Waals surface area contributed by atoms with Crippen molar-refractivity contribution >= 4 is 22.6 Å². The number of methoxy groups -OCH3 is 3. The highest BCUT2D eigenvalue weighted by Crippen LogP contribution is 2.37. The molecule has 0 bridgehead atoms. The molecule has 174 valence electrons. The standard InChI is InChI=1S/C22H25N5O6/c1-29-18-10-14(4-5-16(18)25-22(28)26-27-6-8-32-9-7-27)33-21-15-11-19(30-2)20(31-3)12-17(15)23-13-24-21/h4-5,10-13H,6-9H2,1-3H3,(H2,25,26,28). The number of amides is 2. The third kappa shape index (κ3) is 5.16. The Morgan fingerprint density at radius 2 is 1.70 bits per heavy atom. The van der Waals surface area contributed by atoms with E-state index in [2.05, 4.69) is 20.7 Å². The number of hydrogen-bond acceptors (Lipinski definition) is 9. The number of hydrogen-bond donors (Lipinski definition) is 2. The number of nitrogens with zero attached hydrogens (tertiary/aromatic N) is 3. The van der Waals surface area contributed by atoms with Crippen LogP contribution < -0.4 is 29.7 Å². The van der Waals surface area contributed by atoms with E-state index in [4.69, 9.17) is 23.7 Å². The molecule has 1 aliphatic rings. The van der Waals surface area contributed by atoms with E-state index in [-0.39, 0.29) is 6.03 Å². The van der Waals surface area contributed by atoms with Crippen molar-refractivity contribution in [2.45, 2.75) is 0 Å². The van der Waals surface area contributed by atoms with E-state index in [1.807, 2.05) is 0 Å². The van der Waals surface area contributed by atoms with Crippen molar-refractivity contribution in [3.8, 4) is 28.9 Å². The van der Waals surface area contributed by atoms with Crippen LogP contribution in [0.25, 0.3) is 10.9 Å². The summed E-state index contributed by atoms with van der Waals surface area (Å²) in [6.07, 6.45) is 1.41. The van der Waals surface area contributed by atoms with Crippen LogP contribution in [0.4, 0.5) is 10.5 Å². The number of anilines is 1. The average Bonchev–Trinajstić information content (AvgIpc) is 2.84. The Morgan fingerprint density at radius 1 is 0.970 bits per heavy atom. The lowest BCUT2D eigenvalue weighted by Gasteiger charge is -2.27. The minimum atomic E-state index is -0.369. The summed E-state index contributed by atoms with van der Waals surface area (Å²) in [7, 11) is 4.63. The first-order valence-electron chi connectivity index (χ1n) is 10.2. The lowest BCUT2D eigenvalue weighted by molar-refractivity contribution is 0.0207. The van der Waals surface area contributed by atoms with Crippen LogP contribution in [0.15, 0.2) is 36.7 Å².